The number of amides is 2. The quantitative estimate of drug-likeness (QED) is 0.586. The zero-order valence-corrected chi connectivity index (χ0v) is 17.5. The molecule has 1 aromatic carbocycles. The number of aromatic nitrogens is 1. The average molecular weight is 426 g/mol. The minimum absolute atomic E-state index is 0.0303. The van der Waals surface area contributed by atoms with Gasteiger partial charge in [0.1, 0.15) is 17.7 Å². The Hall–Kier alpha value is -3.00. The van der Waals surface area contributed by atoms with Gasteiger partial charge in [0.15, 0.2) is 0 Å². The number of carbonyl (C=O) groups excluding carboxylic acids is 2. The van der Waals surface area contributed by atoms with E-state index in [0.717, 1.165) is 30.5 Å². The summed E-state index contributed by atoms with van der Waals surface area (Å²) >= 11 is 0. The van der Waals surface area contributed by atoms with Gasteiger partial charge in [0, 0.05) is 5.69 Å². The van der Waals surface area contributed by atoms with Gasteiger partial charge in [-0.3, -0.25) is 9.59 Å². The second-order valence-electron chi connectivity index (χ2n) is 8.35. The number of nitrogens with one attached hydrogen (secondary N) is 3. The summed E-state index contributed by atoms with van der Waals surface area (Å²) in [7, 11) is 0. The Bertz CT molecular complexity index is 982. The third kappa shape index (κ3) is 4.69. The number of carbonyl (C=O) groups is 2. The van der Waals surface area contributed by atoms with E-state index in [0.29, 0.717) is 24.3 Å². The van der Waals surface area contributed by atoms with Gasteiger partial charge in [-0.05, 0) is 68.3 Å². The van der Waals surface area contributed by atoms with Gasteiger partial charge in [-0.25, -0.2) is 9.37 Å². The normalized spacial score (nSPS) is 23.6. The number of hydrogen-bond donors (Lipinski definition) is 4. The molecule has 1 aliphatic carbocycles. The third-order valence-corrected chi connectivity index (χ3v) is 6.21. The highest BCUT2D eigenvalue weighted by Gasteiger charge is 2.31. The van der Waals surface area contributed by atoms with Crippen LogP contribution in [0.2, 0.25) is 0 Å². The van der Waals surface area contributed by atoms with Crippen molar-refractivity contribution in [2.45, 2.75) is 56.7 Å². The maximum Gasteiger partial charge on any atom is 0.242 e. The first-order valence-electron chi connectivity index (χ1n) is 10.8. The largest absolute Gasteiger partial charge is 0.384 e. The van der Waals surface area contributed by atoms with Crippen molar-refractivity contribution in [3.05, 3.63) is 59.0 Å². The van der Waals surface area contributed by atoms with E-state index in [4.69, 9.17) is 5.73 Å². The molecule has 2 aliphatic rings. The van der Waals surface area contributed by atoms with Gasteiger partial charge >= 0.3 is 0 Å². The maximum atomic E-state index is 14.2. The monoisotopic (exact) mass is 425 g/mol. The summed E-state index contributed by atoms with van der Waals surface area (Å²) in [5.74, 6) is -0.291. The van der Waals surface area contributed by atoms with Crippen LogP contribution in [-0.4, -0.2) is 35.4 Å². The van der Waals surface area contributed by atoms with Crippen LogP contribution >= 0.6 is 0 Å². The standard InChI is InChI=1S/C23H28FN5O2/c1-13(22(30)29-19-8-7-18-16(19)6-9-21(25)28-18)27-23(31)20-12-14(10-11-26-20)15-4-2-3-5-17(15)24/h2-6,9,13-14,19-20,26H,7-8,10-12H2,1H3,(H2,25,28)(H,27,31)(H,29,30)/t13-,14-,19?,20+/m0/s1. The minimum Gasteiger partial charge on any atom is -0.384 e. The Kier molecular flexibility index (Phi) is 6.18. The number of rotatable bonds is 5. The molecule has 0 spiro atoms. The van der Waals surface area contributed by atoms with Crippen molar-refractivity contribution in [3.8, 4) is 0 Å². The SMILES string of the molecule is C[C@H](NC(=O)[C@H]1C[C@@H](c2ccccc2F)CCN1)C(=O)NC1CCc2nc(N)ccc21. The number of fused-ring (bicyclic) bond motifs is 1. The molecule has 164 valence electrons. The van der Waals surface area contributed by atoms with E-state index < -0.39 is 12.1 Å². The summed E-state index contributed by atoms with van der Waals surface area (Å²) in [5, 5.41) is 8.99. The second-order valence-corrected chi connectivity index (χ2v) is 8.35. The van der Waals surface area contributed by atoms with E-state index in [9.17, 15) is 14.0 Å². The third-order valence-electron chi connectivity index (χ3n) is 6.21. The molecule has 31 heavy (non-hydrogen) atoms. The summed E-state index contributed by atoms with van der Waals surface area (Å²) < 4.78 is 14.2. The molecule has 2 aromatic rings. The van der Waals surface area contributed by atoms with Crippen LogP contribution in [0, 0.1) is 5.82 Å². The number of nitrogen functional groups attached to an aromatic ring is 1. The first-order chi connectivity index (χ1) is 14.9. The van der Waals surface area contributed by atoms with Crippen molar-refractivity contribution in [1.29, 1.82) is 0 Å². The van der Waals surface area contributed by atoms with Crippen molar-refractivity contribution in [1.82, 2.24) is 20.9 Å². The van der Waals surface area contributed by atoms with Crippen LogP contribution < -0.4 is 21.7 Å². The summed E-state index contributed by atoms with van der Waals surface area (Å²) in [6.07, 6.45) is 2.77. The molecule has 0 radical (unpaired) electrons. The highest BCUT2D eigenvalue weighted by atomic mass is 19.1. The zero-order valence-electron chi connectivity index (χ0n) is 17.5. The van der Waals surface area contributed by atoms with Crippen LogP contribution in [0.15, 0.2) is 36.4 Å². The molecule has 7 nitrogen and oxygen atoms in total. The number of nitrogens with zero attached hydrogens (tertiary/aromatic N) is 1. The lowest BCUT2D eigenvalue weighted by molar-refractivity contribution is -0.130. The van der Waals surface area contributed by atoms with Gasteiger partial charge in [0.05, 0.1) is 12.1 Å². The highest BCUT2D eigenvalue weighted by molar-refractivity contribution is 5.89. The van der Waals surface area contributed by atoms with Gasteiger partial charge < -0.3 is 21.7 Å². The van der Waals surface area contributed by atoms with Gasteiger partial charge in [0.25, 0.3) is 0 Å². The Labute approximate surface area is 181 Å². The Morgan fingerprint density at radius 1 is 1.19 bits per heavy atom. The van der Waals surface area contributed by atoms with Crippen LogP contribution in [-0.2, 0) is 16.0 Å². The molecule has 8 heteroatoms. The molecule has 4 rings (SSSR count). The van der Waals surface area contributed by atoms with Gasteiger partial charge in [-0.15, -0.1) is 0 Å². The highest BCUT2D eigenvalue weighted by Crippen LogP contribution is 2.31. The van der Waals surface area contributed by atoms with E-state index in [1.54, 1.807) is 25.1 Å². The van der Waals surface area contributed by atoms with E-state index in [1.165, 1.54) is 6.07 Å². The molecule has 2 heterocycles. The fourth-order valence-electron chi connectivity index (χ4n) is 4.52. The van der Waals surface area contributed by atoms with E-state index in [2.05, 4.69) is 20.9 Å². The van der Waals surface area contributed by atoms with Crippen molar-refractivity contribution in [2.24, 2.45) is 0 Å². The van der Waals surface area contributed by atoms with Gasteiger partial charge in [-0.2, -0.15) is 0 Å². The number of anilines is 1. The minimum atomic E-state index is -0.686. The molecule has 0 bridgehead atoms. The van der Waals surface area contributed by atoms with Crippen LogP contribution in [0.3, 0.4) is 0 Å². The lowest BCUT2D eigenvalue weighted by Gasteiger charge is -2.31. The van der Waals surface area contributed by atoms with Crippen LogP contribution in [0.5, 0.6) is 0 Å². The molecule has 1 aromatic heterocycles. The van der Waals surface area contributed by atoms with Crippen molar-refractivity contribution in [3.63, 3.8) is 0 Å². The predicted molar refractivity (Wildman–Crippen MR) is 116 cm³/mol. The Morgan fingerprint density at radius 2 is 2.00 bits per heavy atom. The summed E-state index contributed by atoms with van der Waals surface area (Å²) in [5.41, 5.74) is 8.26. The number of pyridine rings is 1. The van der Waals surface area contributed by atoms with Crippen LogP contribution in [0.4, 0.5) is 10.2 Å². The molecule has 5 N–H and O–H groups in total. The zero-order chi connectivity index (χ0) is 22.0. The van der Waals surface area contributed by atoms with Crippen molar-refractivity contribution in [2.75, 3.05) is 12.3 Å². The summed E-state index contributed by atoms with van der Waals surface area (Å²) in [6.45, 7) is 2.29. The fourth-order valence-corrected chi connectivity index (χ4v) is 4.52. The van der Waals surface area contributed by atoms with Crippen molar-refractivity contribution >= 4 is 17.6 Å². The average Bonchev–Trinajstić information content (AvgIpc) is 3.15. The first-order valence-corrected chi connectivity index (χ1v) is 10.8. The number of piperidine rings is 1. The van der Waals surface area contributed by atoms with Crippen LogP contribution in [0.25, 0.3) is 0 Å². The van der Waals surface area contributed by atoms with E-state index in [1.807, 2.05) is 12.1 Å². The first kappa shape index (κ1) is 21.2. The second kappa shape index (κ2) is 9.01. The lowest BCUT2D eigenvalue weighted by Crippen LogP contribution is -2.53. The molecule has 1 unspecified atom stereocenters. The molecule has 1 aliphatic heterocycles. The number of halogens is 1. The smallest absolute Gasteiger partial charge is 0.242 e. The number of aryl methyl sites for hydroxylation is 1. The molecule has 1 saturated heterocycles. The molecular formula is C23H28FN5O2. The molecule has 1 fully saturated rings. The van der Waals surface area contributed by atoms with E-state index >= 15 is 0 Å². The summed E-state index contributed by atoms with van der Waals surface area (Å²) in [4.78, 5) is 29.8. The maximum absolute atomic E-state index is 14.2. The number of benzene rings is 1. The number of nitrogens with two attached hydrogens (primary N) is 1. The lowest BCUT2D eigenvalue weighted by atomic mass is 9.86. The topological polar surface area (TPSA) is 109 Å². The molecule has 0 saturated carbocycles. The van der Waals surface area contributed by atoms with Crippen molar-refractivity contribution < 1.29 is 14.0 Å². The van der Waals surface area contributed by atoms with E-state index in [-0.39, 0.29) is 29.6 Å². The molecule has 2 amide bonds. The van der Waals surface area contributed by atoms with Crippen LogP contribution in [0.1, 0.15) is 55.0 Å². The number of hydrogen-bond acceptors (Lipinski definition) is 5. The molecular weight excluding hydrogens is 397 g/mol. The Morgan fingerprint density at radius 3 is 2.81 bits per heavy atom. The Balaban J connectivity index is 1.33. The predicted octanol–water partition coefficient (Wildman–Crippen LogP) is 1.95. The molecule has 4 atom stereocenters. The summed E-state index contributed by atoms with van der Waals surface area (Å²) in [6, 6.07) is 9.05. The fraction of sp³-hybridized carbons (Fsp3) is 0.435. The van der Waals surface area contributed by atoms with Gasteiger partial charge in [-0.1, -0.05) is 24.3 Å². The van der Waals surface area contributed by atoms with Gasteiger partial charge in [0.2, 0.25) is 11.8 Å².